The zero-order valence-corrected chi connectivity index (χ0v) is 8.82. The molecule has 0 spiro atoms. The van der Waals surface area contributed by atoms with Crippen LogP contribution in [0.2, 0.25) is 5.15 Å². The highest BCUT2D eigenvalue weighted by molar-refractivity contribution is 6.30. The van der Waals surface area contributed by atoms with Crippen LogP contribution in [0.5, 0.6) is 0 Å². The van der Waals surface area contributed by atoms with Gasteiger partial charge in [-0.15, -0.1) is 0 Å². The van der Waals surface area contributed by atoms with Crippen LogP contribution in [0.4, 0.5) is 4.39 Å². The molecule has 1 rings (SSSR count). The Balaban J connectivity index is 3.20. The topological polar surface area (TPSA) is 12.9 Å². The highest BCUT2D eigenvalue weighted by atomic mass is 35.5. The first-order valence-electron chi connectivity index (χ1n) is 4.29. The van der Waals surface area contributed by atoms with E-state index in [-0.39, 0.29) is 11.2 Å². The highest BCUT2D eigenvalue weighted by Crippen LogP contribution is 2.31. The van der Waals surface area contributed by atoms with Gasteiger partial charge < -0.3 is 0 Å². The first-order chi connectivity index (χ1) is 5.97. The molecule has 1 aromatic heterocycles. The highest BCUT2D eigenvalue weighted by Gasteiger charge is 2.22. The lowest BCUT2D eigenvalue weighted by atomic mass is 9.83. The molecule has 0 saturated carbocycles. The normalized spacial score (nSPS) is 11.8. The maximum Gasteiger partial charge on any atom is 0.141 e. The van der Waals surface area contributed by atoms with Crippen LogP contribution in [0, 0.1) is 5.82 Å². The number of nitrogens with zero attached hydrogens (tertiary/aromatic N) is 1. The Morgan fingerprint density at radius 3 is 2.69 bits per heavy atom. The first-order valence-corrected chi connectivity index (χ1v) is 4.66. The lowest BCUT2D eigenvalue weighted by Gasteiger charge is -2.23. The molecule has 0 unspecified atom stereocenters. The number of aromatic nitrogens is 1. The third kappa shape index (κ3) is 2.19. The van der Waals surface area contributed by atoms with E-state index < -0.39 is 0 Å². The van der Waals surface area contributed by atoms with Crippen molar-refractivity contribution in [1.82, 2.24) is 4.98 Å². The van der Waals surface area contributed by atoms with Crippen molar-refractivity contribution in [2.45, 2.75) is 32.6 Å². The van der Waals surface area contributed by atoms with Gasteiger partial charge in [-0.2, -0.15) is 0 Å². The lowest BCUT2D eigenvalue weighted by molar-refractivity contribution is 0.497. The molecule has 0 aromatic carbocycles. The third-order valence-corrected chi connectivity index (χ3v) is 2.72. The van der Waals surface area contributed by atoms with Crippen LogP contribution >= 0.6 is 11.6 Å². The Labute approximate surface area is 82.9 Å². The van der Waals surface area contributed by atoms with Crippen LogP contribution in [-0.4, -0.2) is 4.98 Å². The third-order valence-electron chi connectivity index (χ3n) is 2.42. The maximum atomic E-state index is 12.9. The number of rotatable bonds is 2. The molecule has 0 N–H and O–H groups in total. The summed E-state index contributed by atoms with van der Waals surface area (Å²) < 4.78 is 12.9. The Morgan fingerprint density at radius 1 is 1.54 bits per heavy atom. The second-order valence-electron chi connectivity index (χ2n) is 3.73. The molecule has 0 bridgehead atoms. The molecule has 0 aliphatic rings. The summed E-state index contributed by atoms with van der Waals surface area (Å²) in [5.41, 5.74) is 0.656. The van der Waals surface area contributed by atoms with Crippen LogP contribution in [0.1, 0.15) is 32.8 Å². The van der Waals surface area contributed by atoms with Crippen LogP contribution in [0.3, 0.4) is 0 Å². The van der Waals surface area contributed by atoms with Crippen LogP contribution in [0.25, 0.3) is 0 Å². The molecular formula is C10H13ClFN. The summed E-state index contributed by atoms with van der Waals surface area (Å²) >= 11 is 5.88. The van der Waals surface area contributed by atoms with Crippen LogP contribution in [0.15, 0.2) is 12.3 Å². The molecule has 0 saturated heterocycles. The Hall–Kier alpha value is -0.630. The fourth-order valence-corrected chi connectivity index (χ4v) is 1.45. The smallest absolute Gasteiger partial charge is 0.141 e. The van der Waals surface area contributed by atoms with Crippen molar-refractivity contribution in [3.05, 3.63) is 28.8 Å². The van der Waals surface area contributed by atoms with E-state index in [1.54, 1.807) is 0 Å². The van der Waals surface area contributed by atoms with E-state index in [0.29, 0.717) is 5.15 Å². The van der Waals surface area contributed by atoms with Gasteiger partial charge in [0.2, 0.25) is 0 Å². The number of pyridine rings is 1. The Kier molecular flexibility index (Phi) is 2.91. The fraction of sp³-hybridized carbons (Fsp3) is 0.500. The summed E-state index contributed by atoms with van der Waals surface area (Å²) in [6.07, 6.45) is 2.04. The first kappa shape index (κ1) is 10.5. The van der Waals surface area contributed by atoms with Gasteiger partial charge in [-0.05, 0) is 23.5 Å². The Bertz CT molecular complexity index is 310. The van der Waals surface area contributed by atoms with E-state index in [2.05, 4.69) is 4.98 Å². The van der Waals surface area contributed by atoms with Crippen molar-refractivity contribution in [2.24, 2.45) is 0 Å². The molecule has 72 valence electrons. The molecule has 0 aliphatic heterocycles. The van der Waals surface area contributed by atoms with Crippen LogP contribution < -0.4 is 0 Å². The minimum absolute atomic E-state index is 0.119. The largest absolute Gasteiger partial charge is 0.241 e. The molecule has 0 fully saturated rings. The molecule has 13 heavy (non-hydrogen) atoms. The van der Waals surface area contributed by atoms with E-state index in [0.717, 1.165) is 18.2 Å². The van der Waals surface area contributed by atoms with Gasteiger partial charge >= 0.3 is 0 Å². The minimum atomic E-state index is -0.332. The van der Waals surface area contributed by atoms with Gasteiger partial charge in [0, 0.05) is 0 Å². The van der Waals surface area contributed by atoms with Crippen molar-refractivity contribution < 1.29 is 4.39 Å². The minimum Gasteiger partial charge on any atom is -0.241 e. The van der Waals surface area contributed by atoms with Gasteiger partial charge in [-0.25, -0.2) is 9.37 Å². The average Bonchev–Trinajstić information content (AvgIpc) is 2.09. The zero-order valence-electron chi connectivity index (χ0n) is 8.06. The molecular weight excluding hydrogens is 189 g/mol. The molecule has 0 amide bonds. The Morgan fingerprint density at radius 2 is 2.15 bits per heavy atom. The van der Waals surface area contributed by atoms with Gasteiger partial charge in [-0.3, -0.25) is 0 Å². The zero-order chi connectivity index (χ0) is 10.1. The summed E-state index contributed by atoms with van der Waals surface area (Å²) in [6, 6.07) is 1.46. The second kappa shape index (κ2) is 3.62. The van der Waals surface area contributed by atoms with E-state index in [9.17, 15) is 4.39 Å². The van der Waals surface area contributed by atoms with Crippen LogP contribution in [-0.2, 0) is 5.41 Å². The van der Waals surface area contributed by atoms with Gasteiger partial charge in [0.1, 0.15) is 11.0 Å². The van der Waals surface area contributed by atoms with E-state index in [1.165, 1.54) is 6.07 Å². The lowest BCUT2D eigenvalue weighted by Crippen LogP contribution is -2.16. The molecule has 1 heterocycles. The predicted octanol–water partition coefficient (Wildman–Crippen LogP) is 3.56. The molecule has 3 heteroatoms. The molecule has 0 radical (unpaired) electrons. The monoisotopic (exact) mass is 201 g/mol. The quantitative estimate of drug-likeness (QED) is 0.667. The summed E-state index contributed by atoms with van der Waals surface area (Å²) in [4.78, 5) is 3.78. The standard InChI is InChI=1S/C10H13ClFN/c1-4-10(2,3)8-5-7(12)6-13-9(8)11/h5-6H,4H2,1-3H3. The molecule has 1 nitrogen and oxygen atoms in total. The van der Waals surface area contributed by atoms with Gasteiger partial charge in [-0.1, -0.05) is 32.4 Å². The summed E-state index contributed by atoms with van der Waals surface area (Å²) in [6.45, 7) is 6.09. The van der Waals surface area contributed by atoms with Crippen molar-refractivity contribution >= 4 is 11.6 Å². The number of hydrogen-bond donors (Lipinski definition) is 0. The SMILES string of the molecule is CCC(C)(C)c1cc(F)cnc1Cl. The van der Waals surface area contributed by atoms with Gasteiger partial charge in [0.05, 0.1) is 6.20 Å². The molecule has 0 atom stereocenters. The van der Waals surface area contributed by atoms with Gasteiger partial charge in [0.25, 0.3) is 0 Å². The van der Waals surface area contributed by atoms with Crippen molar-refractivity contribution in [3.8, 4) is 0 Å². The predicted molar refractivity (Wildman–Crippen MR) is 52.5 cm³/mol. The summed E-state index contributed by atoms with van der Waals surface area (Å²) in [5, 5.41) is 0.397. The number of hydrogen-bond acceptors (Lipinski definition) is 1. The summed E-state index contributed by atoms with van der Waals surface area (Å²) in [7, 11) is 0. The fourth-order valence-electron chi connectivity index (χ4n) is 1.09. The van der Waals surface area contributed by atoms with Crippen molar-refractivity contribution in [1.29, 1.82) is 0 Å². The van der Waals surface area contributed by atoms with E-state index in [1.807, 2.05) is 20.8 Å². The summed E-state index contributed by atoms with van der Waals surface area (Å²) in [5.74, 6) is -0.332. The molecule has 0 aliphatic carbocycles. The van der Waals surface area contributed by atoms with Crippen molar-refractivity contribution in [3.63, 3.8) is 0 Å². The second-order valence-corrected chi connectivity index (χ2v) is 4.09. The van der Waals surface area contributed by atoms with Gasteiger partial charge in [0.15, 0.2) is 0 Å². The molecule has 1 aromatic rings. The van der Waals surface area contributed by atoms with Crippen molar-refractivity contribution in [2.75, 3.05) is 0 Å². The maximum absolute atomic E-state index is 12.9. The van der Waals surface area contributed by atoms with E-state index >= 15 is 0 Å². The average molecular weight is 202 g/mol. The van der Waals surface area contributed by atoms with E-state index in [4.69, 9.17) is 11.6 Å². The number of halogens is 2.